The van der Waals surface area contributed by atoms with Crippen LogP contribution in [0.5, 0.6) is 0 Å². The van der Waals surface area contributed by atoms with Gasteiger partial charge in [-0.15, -0.1) is 0 Å². The molecule has 0 saturated heterocycles. The van der Waals surface area contributed by atoms with Gasteiger partial charge in [-0.3, -0.25) is 9.67 Å². The van der Waals surface area contributed by atoms with E-state index < -0.39 is 0 Å². The number of aromatic nitrogens is 3. The quantitative estimate of drug-likeness (QED) is 0.890. The van der Waals surface area contributed by atoms with Crippen LogP contribution < -0.4 is 5.32 Å². The van der Waals surface area contributed by atoms with Crippen LogP contribution in [0, 0.1) is 19.8 Å². The average Bonchev–Trinajstić information content (AvgIpc) is 2.66. The van der Waals surface area contributed by atoms with E-state index in [1.54, 1.807) is 0 Å². The van der Waals surface area contributed by atoms with E-state index in [0.29, 0.717) is 12.5 Å². The summed E-state index contributed by atoms with van der Waals surface area (Å²) in [6.07, 6.45) is 0. The van der Waals surface area contributed by atoms with Crippen molar-refractivity contribution in [1.29, 1.82) is 0 Å². The molecule has 2 aromatic heterocycles. The van der Waals surface area contributed by atoms with Gasteiger partial charge in [0.1, 0.15) is 0 Å². The van der Waals surface area contributed by atoms with Crippen molar-refractivity contribution in [2.75, 3.05) is 6.54 Å². The summed E-state index contributed by atoms with van der Waals surface area (Å²) in [4.78, 5) is 4.68. The molecule has 114 valence electrons. The zero-order chi connectivity index (χ0) is 15.4. The molecule has 0 amide bonds. The van der Waals surface area contributed by atoms with Crippen molar-refractivity contribution in [3.8, 4) is 0 Å². The monoisotopic (exact) mass is 306 g/mol. The van der Waals surface area contributed by atoms with E-state index in [0.717, 1.165) is 40.9 Å². The van der Waals surface area contributed by atoms with Gasteiger partial charge in [0.05, 0.1) is 34.3 Å². The molecule has 21 heavy (non-hydrogen) atoms. The van der Waals surface area contributed by atoms with Gasteiger partial charge in [-0.05, 0) is 38.4 Å². The summed E-state index contributed by atoms with van der Waals surface area (Å²) in [6.45, 7) is 10.7. The Balaban J connectivity index is 2.05. The minimum Gasteiger partial charge on any atom is -0.311 e. The first kappa shape index (κ1) is 16.0. The van der Waals surface area contributed by atoms with Gasteiger partial charge in [0, 0.05) is 6.54 Å². The van der Waals surface area contributed by atoms with E-state index in [1.807, 2.05) is 36.7 Å². The van der Waals surface area contributed by atoms with Crippen LogP contribution in [0.15, 0.2) is 18.2 Å². The fourth-order valence-electron chi connectivity index (χ4n) is 2.19. The maximum absolute atomic E-state index is 6.18. The Morgan fingerprint density at radius 1 is 1.24 bits per heavy atom. The summed E-state index contributed by atoms with van der Waals surface area (Å²) >= 11 is 6.18. The number of hydrogen-bond donors (Lipinski definition) is 1. The van der Waals surface area contributed by atoms with Crippen molar-refractivity contribution >= 4 is 11.6 Å². The Hall–Kier alpha value is -1.39. The van der Waals surface area contributed by atoms with E-state index >= 15 is 0 Å². The molecule has 0 aliphatic rings. The minimum atomic E-state index is 0.644. The summed E-state index contributed by atoms with van der Waals surface area (Å²) in [6, 6.07) is 6.11. The van der Waals surface area contributed by atoms with Crippen LogP contribution in [0.3, 0.4) is 0 Å². The molecule has 0 spiro atoms. The molecule has 5 heteroatoms. The molecule has 0 atom stereocenters. The first-order valence-corrected chi connectivity index (χ1v) is 7.70. The van der Waals surface area contributed by atoms with Crippen molar-refractivity contribution in [2.45, 2.75) is 40.8 Å². The predicted molar refractivity (Wildman–Crippen MR) is 86.6 cm³/mol. The van der Waals surface area contributed by atoms with Crippen molar-refractivity contribution in [3.05, 3.63) is 46.0 Å². The number of nitrogens with one attached hydrogen (secondary N) is 1. The van der Waals surface area contributed by atoms with Crippen LogP contribution in [0.2, 0.25) is 5.02 Å². The second kappa shape index (κ2) is 7.05. The normalized spacial score (nSPS) is 11.3. The lowest BCUT2D eigenvalue weighted by atomic mass is 10.2. The molecule has 1 N–H and O–H groups in total. The standard InChI is InChI=1S/C16H23ClN4/c1-11(2)8-18-9-14-6-5-7-15(19-14)10-21-13(4)16(17)12(3)20-21/h5-7,11,18H,8-10H2,1-4H3. The Bertz CT molecular complexity index is 604. The highest BCUT2D eigenvalue weighted by atomic mass is 35.5. The molecular weight excluding hydrogens is 284 g/mol. The third kappa shape index (κ3) is 4.29. The molecule has 0 aliphatic carbocycles. The molecule has 0 fully saturated rings. The van der Waals surface area contributed by atoms with E-state index in [2.05, 4.69) is 29.2 Å². The Kier molecular flexibility index (Phi) is 5.37. The number of pyridine rings is 1. The lowest BCUT2D eigenvalue weighted by Gasteiger charge is -2.09. The highest BCUT2D eigenvalue weighted by Gasteiger charge is 2.10. The first-order valence-electron chi connectivity index (χ1n) is 7.32. The number of nitrogens with zero attached hydrogens (tertiary/aromatic N) is 3. The van der Waals surface area contributed by atoms with E-state index in [1.165, 1.54) is 0 Å². The fraction of sp³-hybridized carbons (Fsp3) is 0.500. The Labute approximate surface area is 131 Å². The highest BCUT2D eigenvalue weighted by molar-refractivity contribution is 6.31. The van der Waals surface area contributed by atoms with Crippen molar-refractivity contribution in [1.82, 2.24) is 20.1 Å². The Morgan fingerprint density at radius 3 is 2.57 bits per heavy atom. The van der Waals surface area contributed by atoms with Gasteiger partial charge in [0.15, 0.2) is 0 Å². The van der Waals surface area contributed by atoms with Crippen LogP contribution in [-0.4, -0.2) is 21.3 Å². The molecular formula is C16H23ClN4. The zero-order valence-corrected chi connectivity index (χ0v) is 13.9. The molecule has 0 unspecified atom stereocenters. The number of hydrogen-bond acceptors (Lipinski definition) is 3. The minimum absolute atomic E-state index is 0.644. The van der Waals surface area contributed by atoms with Crippen LogP contribution in [0.25, 0.3) is 0 Å². The third-order valence-electron chi connectivity index (χ3n) is 3.33. The molecule has 0 aliphatic heterocycles. The summed E-state index contributed by atoms with van der Waals surface area (Å²) in [7, 11) is 0. The highest BCUT2D eigenvalue weighted by Crippen LogP contribution is 2.19. The summed E-state index contributed by atoms with van der Waals surface area (Å²) < 4.78 is 1.91. The molecule has 4 nitrogen and oxygen atoms in total. The van der Waals surface area contributed by atoms with Crippen LogP contribution in [-0.2, 0) is 13.1 Å². The van der Waals surface area contributed by atoms with Gasteiger partial charge in [0.25, 0.3) is 0 Å². The van der Waals surface area contributed by atoms with Gasteiger partial charge in [-0.25, -0.2) is 0 Å². The maximum Gasteiger partial charge on any atom is 0.0844 e. The predicted octanol–water partition coefficient (Wildman–Crippen LogP) is 3.34. The van der Waals surface area contributed by atoms with Crippen molar-refractivity contribution in [3.63, 3.8) is 0 Å². The summed E-state index contributed by atoms with van der Waals surface area (Å²) in [5.74, 6) is 0.644. The smallest absolute Gasteiger partial charge is 0.0844 e. The molecule has 0 bridgehead atoms. The van der Waals surface area contributed by atoms with Crippen LogP contribution in [0.4, 0.5) is 0 Å². The fourth-order valence-corrected chi connectivity index (χ4v) is 2.32. The number of aryl methyl sites for hydroxylation is 1. The van der Waals surface area contributed by atoms with E-state index in [9.17, 15) is 0 Å². The maximum atomic E-state index is 6.18. The van der Waals surface area contributed by atoms with Gasteiger partial charge in [0.2, 0.25) is 0 Å². The molecule has 0 saturated carbocycles. The number of halogens is 1. The lowest BCUT2D eigenvalue weighted by Crippen LogP contribution is -2.20. The van der Waals surface area contributed by atoms with E-state index in [4.69, 9.17) is 11.6 Å². The molecule has 0 aromatic carbocycles. The zero-order valence-electron chi connectivity index (χ0n) is 13.2. The van der Waals surface area contributed by atoms with Crippen LogP contribution in [0.1, 0.15) is 36.6 Å². The SMILES string of the molecule is Cc1nn(Cc2cccc(CNCC(C)C)n2)c(C)c1Cl. The van der Waals surface area contributed by atoms with Gasteiger partial charge in [-0.1, -0.05) is 31.5 Å². The number of rotatable bonds is 6. The average molecular weight is 307 g/mol. The van der Waals surface area contributed by atoms with Gasteiger partial charge < -0.3 is 5.32 Å². The van der Waals surface area contributed by atoms with Gasteiger partial charge in [-0.2, -0.15) is 5.10 Å². The molecule has 0 radical (unpaired) electrons. The van der Waals surface area contributed by atoms with Crippen molar-refractivity contribution < 1.29 is 0 Å². The first-order chi connectivity index (χ1) is 9.97. The van der Waals surface area contributed by atoms with Crippen molar-refractivity contribution in [2.24, 2.45) is 5.92 Å². The molecule has 2 heterocycles. The van der Waals surface area contributed by atoms with E-state index in [-0.39, 0.29) is 0 Å². The Morgan fingerprint density at radius 2 is 1.95 bits per heavy atom. The topological polar surface area (TPSA) is 42.7 Å². The summed E-state index contributed by atoms with van der Waals surface area (Å²) in [5, 5.41) is 8.60. The van der Waals surface area contributed by atoms with Crippen LogP contribution >= 0.6 is 11.6 Å². The molecule has 2 rings (SSSR count). The molecule has 2 aromatic rings. The van der Waals surface area contributed by atoms with Gasteiger partial charge >= 0.3 is 0 Å². The second-order valence-electron chi connectivity index (χ2n) is 5.79. The lowest BCUT2D eigenvalue weighted by molar-refractivity contribution is 0.546. The third-order valence-corrected chi connectivity index (χ3v) is 3.88. The second-order valence-corrected chi connectivity index (χ2v) is 6.17. The summed E-state index contributed by atoms with van der Waals surface area (Å²) in [5.41, 5.74) is 3.91. The largest absolute Gasteiger partial charge is 0.311 e.